The molecule has 0 unspecified atom stereocenters. The molecule has 1 aromatic heterocycles. The van der Waals surface area contributed by atoms with Crippen molar-refractivity contribution in [2.45, 2.75) is 38.6 Å². The summed E-state index contributed by atoms with van der Waals surface area (Å²) in [5.74, 6) is 0. The topological polar surface area (TPSA) is 8.17 Å². The summed E-state index contributed by atoms with van der Waals surface area (Å²) >= 11 is 0. The minimum Gasteiger partial charge on any atom is -0.336 e. The summed E-state index contributed by atoms with van der Waals surface area (Å²) in [4.78, 5) is 2.66. The molecule has 3 aliphatic rings. The molecule has 3 heteroatoms. The van der Waals surface area contributed by atoms with E-state index in [0.29, 0.717) is 0 Å². The van der Waals surface area contributed by atoms with E-state index in [1.165, 1.54) is 60.8 Å². The number of benzene rings is 4. The van der Waals surface area contributed by atoms with Crippen molar-refractivity contribution in [3.8, 4) is 5.69 Å². The molecule has 0 spiro atoms. The molecule has 0 saturated heterocycles. The fraction of sp³-hybridized carbons (Fsp3) is 0.200. The Kier molecular flexibility index (Phi) is 2.93. The van der Waals surface area contributed by atoms with Gasteiger partial charge in [0.2, 0.25) is 0 Å². The molecule has 0 aliphatic carbocycles. The molecular weight excluding hydrogens is 399 g/mol. The van der Waals surface area contributed by atoms with Gasteiger partial charge in [0.05, 0.1) is 5.52 Å². The third kappa shape index (κ3) is 1.77. The second-order valence-electron chi connectivity index (χ2n) is 11.0. The van der Waals surface area contributed by atoms with Gasteiger partial charge >= 0.3 is 0 Å². The lowest BCUT2D eigenvalue weighted by Crippen LogP contribution is -2.62. The predicted molar refractivity (Wildman–Crippen MR) is 141 cm³/mol. The van der Waals surface area contributed by atoms with Gasteiger partial charge in [-0.25, -0.2) is 0 Å². The molecule has 4 heterocycles. The average molecular weight is 424 g/mol. The van der Waals surface area contributed by atoms with Crippen molar-refractivity contribution >= 4 is 56.3 Å². The molecule has 0 N–H and O–H groups in total. The highest BCUT2D eigenvalue weighted by Crippen LogP contribution is 2.55. The average Bonchev–Trinajstić information content (AvgIpc) is 3.23. The summed E-state index contributed by atoms with van der Waals surface area (Å²) in [5, 5.41) is 2.69. The zero-order valence-corrected chi connectivity index (χ0v) is 19.5. The van der Waals surface area contributed by atoms with Crippen molar-refractivity contribution < 1.29 is 0 Å². The van der Waals surface area contributed by atoms with E-state index in [0.717, 1.165) is 0 Å². The van der Waals surface area contributed by atoms with Gasteiger partial charge in [0.1, 0.15) is 0 Å². The second-order valence-corrected chi connectivity index (χ2v) is 11.0. The van der Waals surface area contributed by atoms with Gasteiger partial charge in [-0.3, -0.25) is 0 Å². The van der Waals surface area contributed by atoms with Crippen molar-refractivity contribution in [3.63, 3.8) is 0 Å². The number of fused-ring (bicyclic) bond motifs is 7. The first-order valence-corrected chi connectivity index (χ1v) is 12.0. The van der Waals surface area contributed by atoms with E-state index in [9.17, 15) is 0 Å². The molecule has 2 nitrogen and oxygen atoms in total. The Bertz CT molecular complexity index is 1690. The SMILES string of the molecule is CC1(C)c2cccc3c2N(c2cccc4c2B3c2cccc3c5ccccc5n-4c23)C1(C)C. The zero-order chi connectivity index (χ0) is 22.3. The molecule has 33 heavy (non-hydrogen) atoms. The van der Waals surface area contributed by atoms with E-state index in [1.54, 1.807) is 0 Å². The predicted octanol–water partition coefficient (Wildman–Crippen LogP) is 5.13. The standard InChI is InChI=1S/C30H25BN2/c1-29(2)20-12-8-14-22-28(20)33(30(29,3)4)25-17-9-16-24-26(25)31(22)21-13-7-11-19-18-10-5-6-15-23(18)32(24)27(19)21/h5-17H,1-4H3. The number of rotatable bonds is 0. The smallest absolute Gasteiger partial charge is 0.252 e. The van der Waals surface area contributed by atoms with Crippen molar-refractivity contribution in [1.82, 2.24) is 4.57 Å². The number of para-hydroxylation sites is 3. The highest BCUT2D eigenvalue weighted by atomic mass is 15.3. The molecule has 0 fully saturated rings. The summed E-state index contributed by atoms with van der Waals surface area (Å²) < 4.78 is 2.53. The molecule has 4 aromatic carbocycles. The maximum Gasteiger partial charge on any atom is 0.252 e. The van der Waals surface area contributed by atoms with Crippen LogP contribution >= 0.6 is 0 Å². The molecule has 3 aliphatic heterocycles. The minimum atomic E-state index is -0.0312. The van der Waals surface area contributed by atoms with Gasteiger partial charge in [-0.1, -0.05) is 74.5 Å². The molecule has 0 saturated carbocycles. The van der Waals surface area contributed by atoms with Crippen molar-refractivity contribution in [1.29, 1.82) is 0 Å². The summed E-state index contributed by atoms with van der Waals surface area (Å²) in [7, 11) is 0. The molecular formula is C30H25BN2. The largest absolute Gasteiger partial charge is 0.336 e. The normalized spacial score (nSPS) is 18.1. The van der Waals surface area contributed by atoms with Gasteiger partial charge in [-0.05, 0) is 54.0 Å². The van der Waals surface area contributed by atoms with Crippen LogP contribution in [0, 0.1) is 0 Å². The first kappa shape index (κ1) is 18.0. The van der Waals surface area contributed by atoms with E-state index in [-0.39, 0.29) is 17.7 Å². The lowest BCUT2D eigenvalue weighted by molar-refractivity contribution is 0.330. The summed E-state index contributed by atoms with van der Waals surface area (Å²) in [6, 6.07) is 29.8. The Morgan fingerprint density at radius 3 is 2.24 bits per heavy atom. The van der Waals surface area contributed by atoms with Gasteiger partial charge in [0.25, 0.3) is 6.71 Å². The van der Waals surface area contributed by atoms with E-state index < -0.39 is 0 Å². The second kappa shape index (κ2) is 5.36. The van der Waals surface area contributed by atoms with Gasteiger partial charge in [0.15, 0.2) is 0 Å². The Morgan fingerprint density at radius 1 is 0.667 bits per heavy atom. The quantitative estimate of drug-likeness (QED) is 0.307. The van der Waals surface area contributed by atoms with Crippen LogP contribution in [0.3, 0.4) is 0 Å². The van der Waals surface area contributed by atoms with Crippen molar-refractivity contribution in [2.24, 2.45) is 0 Å². The van der Waals surface area contributed by atoms with Crippen LogP contribution < -0.4 is 21.3 Å². The molecule has 5 aromatic rings. The first-order chi connectivity index (χ1) is 15.9. The van der Waals surface area contributed by atoms with E-state index in [2.05, 4.69) is 116 Å². The number of hydrogen-bond acceptors (Lipinski definition) is 1. The zero-order valence-electron chi connectivity index (χ0n) is 19.5. The molecule has 158 valence electrons. The van der Waals surface area contributed by atoms with Gasteiger partial charge in [0, 0.05) is 44.3 Å². The fourth-order valence-electron chi connectivity index (χ4n) is 7.09. The monoisotopic (exact) mass is 424 g/mol. The Balaban J connectivity index is 1.62. The Hall–Kier alpha value is -3.46. The maximum absolute atomic E-state index is 2.66. The van der Waals surface area contributed by atoms with Crippen LogP contribution in [0.2, 0.25) is 0 Å². The van der Waals surface area contributed by atoms with Crippen molar-refractivity contribution in [2.75, 3.05) is 4.90 Å². The molecule has 8 rings (SSSR count). The minimum absolute atomic E-state index is 0.0312. The number of hydrogen-bond donors (Lipinski definition) is 0. The lowest BCUT2D eigenvalue weighted by atomic mass is 9.34. The summed E-state index contributed by atoms with van der Waals surface area (Å²) in [6.07, 6.45) is 0. The highest BCUT2D eigenvalue weighted by Gasteiger charge is 2.56. The molecule has 0 bridgehead atoms. The highest BCUT2D eigenvalue weighted by molar-refractivity contribution is 7.00. The first-order valence-electron chi connectivity index (χ1n) is 12.0. The third-order valence-corrected chi connectivity index (χ3v) is 9.23. The molecule has 0 radical (unpaired) electrons. The van der Waals surface area contributed by atoms with Crippen LogP contribution in [0.5, 0.6) is 0 Å². The Labute approximate surface area is 194 Å². The number of anilines is 2. The van der Waals surface area contributed by atoms with Crippen molar-refractivity contribution in [3.05, 3.63) is 84.4 Å². The van der Waals surface area contributed by atoms with Crippen LogP contribution in [0.25, 0.3) is 27.5 Å². The van der Waals surface area contributed by atoms with E-state index in [4.69, 9.17) is 0 Å². The van der Waals surface area contributed by atoms with Gasteiger partial charge in [-0.2, -0.15) is 0 Å². The molecule has 0 amide bonds. The van der Waals surface area contributed by atoms with Crippen LogP contribution in [-0.2, 0) is 5.41 Å². The van der Waals surface area contributed by atoms with E-state index >= 15 is 0 Å². The van der Waals surface area contributed by atoms with Crippen LogP contribution in [0.1, 0.15) is 33.3 Å². The third-order valence-electron chi connectivity index (χ3n) is 9.23. The van der Waals surface area contributed by atoms with Gasteiger partial charge in [-0.15, -0.1) is 0 Å². The van der Waals surface area contributed by atoms with Crippen LogP contribution in [0.4, 0.5) is 11.4 Å². The van der Waals surface area contributed by atoms with Gasteiger partial charge < -0.3 is 9.47 Å². The van der Waals surface area contributed by atoms with Crippen LogP contribution in [0.15, 0.2) is 78.9 Å². The summed E-state index contributed by atoms with van der Waals surface area (Å²) in [5.41, 5.74) is 12.6. The van der Waals surface area contributed by atoms with E-state index in [1.807, 2.05) is 0 Å². The Morgan fingerprint density at radius 2 is 1.36 bits per heavy atom. The maximum atomic E-state index is 2.66. The lowest BCUT2D eigenvalue weighted by Gasteiger charge is -2.46. The molecule has 0 atom stereocenters. The number of aromatic nitrogens is 1. The summed E-state index contributed by atoms with van der Waals surface area (Å²) in [6.45, 7) is 9.91. The number of nitrogens with zero attached hydrogens (tertiary/aromatic N) is 2. The fourth-order valence-corrected chi connectivity index (χ4v) is 7.09. The van der Waals surface area contributed by atoms with Crippen LogP contribution in [-0.4, -0.2) is 16.8 Å².